The summed E-state index contributed by atoms with van der Waals surface area (Å²) in [6.07, 6.45) is 2.65. The van der Waals surface area contributed by atoms with Gasteiger partial charge < -0.3 is 28.3 Å². The highest BCUT2D eigenvalue weighted by molar-refractivity contribution is 9.11. The van der Waals surface area contributed by atoms with Crippen molar-refractivity contribution in [2.45, 2.75) is 69.9 Å². The molecule has 0 N–H and O–H groups in total. The number of methoxy groups -OCH3 is 3. The van der Waals surface area contributed by atoms with Crippen LogP contribution in [-0.2, 0) is 33.0 Å². The van der Waals surface area contributed by atoms with Crippen molar-refractivity contribution in [2.75, 3.05) is 27.9 Å². The van der Waals surface area contributed by atoms with Gasteiger partial charge in [0.1, 0.15) is 12.0 Å². The van der Waals surface area contributed by atoms with E-state index in [1.807, 2.05) is 19.6 Å². The average molecular weight is 533 g/mol. The van der Waals surface area contributed by atoms with Gasteiger partial charge in [-0.05, 0) is 67.8 Å². The average Bonchev–Trinajstić information content (AvgIpc) is 3.37. The quantitative estimate of drug-likeness (QED) is 0.281. The molecule has 3 rings (SSSR count). The number of fused-ring (bicyclic) bond motifs is 2. The van der Waals surface area contributed by atoms with Crippen molar-refractivity contribution in [1.82, 2.24) is 4.90 Å². The van der Waals surface area contributed by atoms with Crippen LogP contribution in [0.3, 0.4) is 0 Å². The standard InChI is InChI=1S/C22H34BrNO7Si/c1-21(2,29-5)14-10-9-11-24(14)17-18-13(12-15(25)27-3)16(20(26)28-4)22(30-18,19(17)23)31-32(6,7)8/h12,14,16,18H,9-11H2,1-8H3/b13-12+/t14-,16+,18-,22-/m0/s1. The van der Waals surface area contributed by atoms with Crippen LogP contribution in [-0.4, -0.2) is 76.6 Å². The second-order valence-electron chi connectivity index (χ2n) is 9.86. The third-order valence-electron chi connectivity index (χ3n) is 6.36. The lowest BCUT2D eigenvalue weighted by atomic mass is 9.83. The Morgan fingerprint density at radius 1 is 1.22 bits per heavy atom. The molecule has 180 valence electrons. The molecule has 2 saturated heterocycles. The summed E-state index contributed by atoms with van der Waals surface area (Å²) in [5.41, 5.74) is 0.951. The van der Waals surface area contributed by atoms with Crippen molar-refractivity contribution in [3.05, 3.63) is 21.8 Å². The lowest BCUT2D eigenvalue weighted by molar-refractivity contribution is -0.172. The number of carbonyl (C=O) groups excluding carboxylic acids is 2. The smallest absolute Gasteiger partial charge is 0.330 e. The molecule has 2 bridgehead atoms. The molecule has 0 aliphatic carbocycles. The molecule has 0 aromatic rings. The Kier molecular flexibility index (Phi) is 7.04. The van der Waals surface area contributed by atoms with Crippen LogP contribution in [0.2, 0.25) is 19.6 Å². The molecule has 3 aliphatic rings. The number of nitrogens with zero attached hydrogens (tertiary/aromatic N) is 1. The highest BCUT2D eigenvalue weighted by atomic mass is 79.9. The zero-order chi connectivity index (χ0) is 24.1. The molecule has 0 unspecified atom stereocenters. The predicted molar refractivity (Wildman–Crippen MR) is 124 cm³/mol. The van der Waals surface area contributed by atoms with Crippen molar-refractivity contribution in [1.29, 1.82) is 0 Å². The number of hydrogen-bond donors (Lipinski definition) is 0. The number of esters is 2. The fourth-order valence-corrected chi connectivity index (χ4v) is 7.07. The molecule has 3 heterocycles. The predicted octanol–water partition coefficient (Wildman–Crippen LogP) is 3.33. The van der Waals surface area contributed by atoms with E-state index in [0.29, 0.717) is 10.1 Å². The van der Waals surface area contributed by atoms with Gasteiger partial charge in [-0.3, -0.25) is 4.79 Å². The number of halogens is 1. The summed E-state index contributed by atoms with van der Waals surface area (Å²) in [4.78, 5) is 27.5. The molecule has 0 aromatic heterocycles. The number of hydrogen-bond acceptors (Lipinski definition) is 8. The van der Waals surface area contributed by atoms with E-state index in [9.17, 15) is 9.59 Å². The van der Waals surface area contributed by atoms with Gasteiger partial charge in [0, 0.05) is 19.7 Å². The topological polar surface area (TPSA) is 83.5 Å². The summed E-state index contributed by atoms with van der Waals surface area (Å²) in [5.74, 6) is -3.38. The minimum Gasteiger partial charge on any atom is -0.468 e. The number of rotatable bonds is 7. The highest BCUT2D eigenvalue weighted by Gasteiger charge is 2.67. The first-order valence-corrected chi connectivity index (χ1v) is 15.0. The molecule has 2 fully saturated rings. The molecule has 8 nitrogen and oxygen atoms in total. The van der Waals surface area contributed by atoms with Gasteiger partial charge in [0.15, 0.2) is 8.32 Å². The second-order valence-corrected chi connectivity index (χ2v) is 15.1. The van der Waals surface area contributed by atoms with Crippen LogP contribution < -0.4 is 0 Å². The summed E-state index contributed by atoms with van der Waals surface area (Å²) in [6, 6.07) is 0.0953. The first-order valence-electron chi connectivity index (χ1n) is 10.8. The van der Waals surface area contributed by atoms with Crippen LogP contribution in [0.25, 0.3) is 0 Å². The zero-order valence-corrected chi connectivity index (χ0v) is 22.7. The summed E-state index contributed by atoms with van der Waals surface area (Å²) in [5, 5.41) is 0. The van der Waals surface area contributed by atoms with Gasteiger partial charge in [-0.2, -0.15) is 0 Å². The summed E-state index contributed by atoms with van der Waals surface area (Å²) in [7, 11) is 2.12. The van der Waals surface area contributed by atoms with E-state index in [-0.39, 0.29) is 6.04 Å². The van der Waals surface area contributed by atoms with Crippen molar-refractivity contribution in [3.63, 3.8) is 0 Å². The van der Waals surface area contributed by atoms with Gasteiger partial charge in [-0.1, -0.05) is 0 Å². The van der Waals surface area contributed by atoms with Crippen molar-refractivity contribution in [2.24, 2.45) is 5.92 Å². The maximum atomic E-state index is 13.0. The Labute approximate surface area is 199 Å². The zero-order valence-electron chi connectivity index (χ0n) is 20.1. The minimum atomic E-state index is -2.22. The first kappa shape index (κ1) is 25.4. The van der Waals surface area contributed by atoms with Crippen LogP contribution in [0.5, 0.6) is 0 Å². The van der Waals surface area contributed by atoms with Crippen LogP contribution in [0, 0.1) is 5.92 Å². The molecule has 0 saturated carbocycles. The van der Waals surface area contributed by atoms with Gasteiger partial charge in [-0.15, -0.1) is 0 Å². The molecule has 10 heteroatoms. The van der Waals surface area contributed by atoms with Gasteiger partial charge in [-0.25, -0.2) is 4.79 Å². The Morgan fingerprint density at radius 3 is 2.41 bits per heavy atom. The SMILES string of the molecule is COC(=O)/C=C1/[C@@H]2O[C@@](O[Si](C)(C)C)(C(Br)=C2N2CCC[C@H]2C(C)(C)OC)[C@H]1C(=O)OC. The largest absolute Gasteiger partial charge is 0.468 e. The van der Waals surface area contributed by atoms with Crippen molar-refractivity contribution < 1.29 is 33.0 Å². The van der Waals surface area contributed by atoms with E-state index < -0.39 is 43.7 Å². The summed E-state index contributed by atoms with van der Waals surface area (Å²) >= 11 is 3.76. The van der Waals surface area contributed by atoms with Crippen LogP contribution in [0.1, 0.15) is 26.7 Å². The normalized spacial score (nSPS) is 31.6. The van der Waals surface area contributed by atoms with Crippen molar-refractivity contribution >= 4 is 36.2 Å². The third-order valence-corrected chi connectivity index (χ3v) is 8.23. The van der Waals surface area contributed by atoms with Gasteiger partial charge in [0.2, 0.25) is 5.79 Å². The minimum absolute atomic E-state index is 0.0953. The molecule has 0 aromatic carbocycles. The molecular formula is C22H34BrNO7Si. The Hall–Kier alpha value is -1.20. The molecule has 0 spiro atoms. The Morgan fingerprint density at radius 2 is 1.88 bits per heavy atom. The maximum absolute atomic E-state index is 13.0. The molecule has 3 aliphatic heterocycles. The second kappa shape index (κ2) is 8.86. The van der Waals surface area contributed by atoms with E-state index in [2.05, 4.69) is 34.7 Å². The van der Waals surface area contributed by atoms with Crippen LogP contribution in [0.15, 0.2) is 21.8 Å². The Balaban J connectivity index is 2.21. The molecule has 32 heavy (non-hydrogen) atoms. The molecule has 0 radical (unpaired) electrons. The molecule has 4 atom stereocenters. The number of ether oxygens (including phenoxy) is 4. The highest BCUT2D eigenvalue weighted by Crippen LogP contribution is 2.59. The third kappa shape index (κ3) is 4.20. The molecule has 0 amide bonds. The van der Waals surface area contributed by atoms with Gasteiger partial charge in [0.05, 0.1) is 36.0 Å². The number of likely N-dealkylation sites (tertiary alicyclic amines) is 1. The molecular weight excluding hydrogens is 498 g/mol. The number of carbonyl (C=O) groups is 2. The lowest BCUT2D eigenvalue weighted by Crippen LogP contribution is -2.51. The van der Waals surface area contributed by atoms with E-state index >= 15 is 0 Å². The summed E-state index contributed by atoms with van der Waals surface area (Å²) in [6.45, 7) is 11.0. The van der Waals surface area contributed by atoms with E-state index in [1.54, 1.807) is 7.11 Å². The van der Waals surface area contributed by atoms with Gasteiger partial charge in [0.25, 0.3) is 0 Å². The van der Waals surface area contributed by atoms with Crippen LogP contribution in [0.4, 0.5) is 0 Å². The fourth-order valence-electron chi connectivity index (χ4n) is 4.90. The lowest BCUT2D eigenvalue weighted by Gasteiger charge is -2.42. The van der Waals surface area contributed by atoms with Gasteiger partial charge >= 0.3 is 11.9 Å². The monoisotopic (exact) mass is 531 g/mol. The van der Waals surface area contributed by atoms with Crippen LogP contribution >= 0.6 is 15.9 Å². The van der Waals surface area contributed by atoms with E-state index in [1.165, 1.54) is 20.3 Å². The van der Waals surface area contributed by atoms with E-state index in [0.717, 1.165) is 25.1 Å². The van der Waals surface area contributed by atoms with E-state index in [4.69, 9.17) is 23.4 Å². The Bertz CT molecular complexity index is 850. The fraction of sp³-hybridized carbons (Fsp3) is 0.727. The summed E-state index contributed by atoms with van der Waals surface area (Å²) < 4.78 is 29.5. The van der Waals surface area contributed by atoms with Crippen molar-refractivity contribution in [3.8, 4) is 0 Å². The maximum Gasteiger partial charge on any atom is 0.330 e. The first-order chi connectivity index (χ1) is 14.8.